The van der Waals surface area contributed by atoms with Crippen molar-refractivity contribution in [3.8, 4) is 0 Å². The predicted molar refractivity (Wildman–Crippen MR) is 74.1 cm³/mol. The summed E-state index contributed by atoms with van der Waals surface area (Å²) in [5.41, 5.74) is 5.86. The van der Waals surface area contributed by atoms with Crippen molar-refractivity contribution in [2.45, 2.75) is 6.92 Å². The zero-order chi connectivity index (χ0) is 13.7. The molecule has 0 aliphatic rings. The van der Waals surface area contributed by atoms with Crippen LogP contribution in [0.2, 0.25) is 5.02 Å². The first kappa shape index (κ1) is 14.8. The molecule has 1 amide bonds. The number of carbonyl (C=O) groups excluding carboxylic acids is 1. The molecule has 0 aliphatic heterocycles. The number of benzene rings is 1. The average Bonchev–Trinajstić information content (AvgIpc) is 2.33. The summed E-state index contributed by atoms with van der Waals surface area (Å²) in [6, 6.07) is 4.92. The third kappa shape index (κ3) is 4.19. The Morgan fingerprint density at radius 1 is 1.61 bits per heavy atom. The molecular weight excluding hydrogens is 321 g/mol. The van der Waals surface area contributed by atoms with Crippen molar-refractivity contribution in [3.05, 3.63) is 33.3 Å². The van der Waals surface area contributed by atoms with E-state index in [1.807, 2.05) is 0 Å². The number of hydrogen-bond donors (Lipinski definition) is 3. The number of halogens is 2. The SMILES string of the molecule is CC(CNC(=O)c1cc(Cl)cc(Br)c1)/C(N)=N/O. The van der Waals surface area contributed by atoms with E-state index in [4.69, 9.17) is 22.5 Å². The van der Waals surface area contributed by atoms with Gasteiger partial charge in [0.1, 0.15) is 5.84 Å². The van der Waals surface area contributed by atoms with Crippen LogP contribution in [0.15, 0.2) is 27.8 Å². The first-order chi connectivity index (χ1) is 8.43. The Morgan fingerprint density at radius 2 is 2.28 bits per heavy atom. The standard InChI is InChI=1S/C11H13BrClN3O2/c1-6(10(14)16-18)5-15-11(17)7-2-8(12)4-9(13)3-7/h2-4,6,18H,5H2,1H3,(H2,14,16)(H,15,17). The lowest BCUT2D eigenvalue weighted by molar-refractivity contribution is 0.0951. The van der Waals surface area contributed by atoms with Gasteiger partial charge in [0.05, 0.1) is 0 Å². The van der Waals surface area contributed by atoms with Gasteiger partial charge >= 0.3 is 0 Å². The summed E-state index contributed by atoms with van der Waals surface area (Å²) < 4.78 is 0.727. The van der Waals surface area contributed by atoms with Crippen LogP contribution in [-0.4, -0.2) is 23.5 Å². The van der Waals surface area contributed by atoms with Crippen molar-refractivity contribution in [1.29, 1.82) is 0 Å². The summed E-state index contributed by atoms with van der Waals surface area (Å²) >= 11 is 9.11. The van der Waals surface area contributed by atoms with Crippen molar-refractivity contribution >= 4 is 39.3 Å². The van der Waals surface area contributed by atoms with Gasteiger partial charge in [-0.25, -0.2) is 0 Å². The zero-order valence-corrected chi connectivity index (χ0v) is 12.0. The van der Waals surface area contributed by atoms with Crippen molar-refractivity contribution < 1.29 is 10.0 Å². The molecule has 1 rings (SSSR count). The fourth-order valence-corrected chi connectivity index (χ4v) is 2.10. The Labute approximate surface area is 118 Å². The maximum absolute atomic E-state index is 11.8. The van der Waals surface area contributed by atoms with E-state index >= 15 is 0 Å². The number of amides is 1. The number of nitrogens with one attached hydrogen (secondary N) is 1. The third-order valence-corrected chi connectivity index (χ3v) is 2.99. The Morgan fingerprint density at radius 3 is 2.83 bits per heavy atom. The Balaban J connectivity index is 2.66. The second kappa shape index (κ2) is 6.61. The van der Waals surface area contributed by atoms with Crippen LogP contribution in [0.25, 0.3) is 0 Å². The third-order valence-electron chi connectivity index (χ3n) is 2.31. The van der Waals surface area contributed by atoms with Crippen LogP contribution in [0.5, 0.6) is 0 Å². The molecule has 18 heavy (non-hydrogen) atoms. The molecule has 1 aromatic carbocycles. The van der Waals surface area contributed by atoms with Crippen LogP contribution in [0.1, 0.15) is 17.3 Å². The number of rotatable bonds is 4. The van der Waals surface area contributed by atoms with E-state index in [0.29, 0.717) is 10.6 Å². The van der Waals surface area contributed by atoms with Crippen LogP contribution < -0.4 is 11.1 Å². The van der Waals surface area contributed by atoms with E-state index in [1.165, 1.54) is 0 Å². The first-order valence-corrected chi connectivity index (χ1v) is 6.33. The molecule has 0 spiro atoms. The van der Waals surface area contributed by atoms with Gasteiger partial charge in [-0.3, -0.25) is 4.79 Å². The summed E-state index contributed by atoms with van der Waals surface area (Å²) in [6.45, 7) is 2.02. The molecule has 5 nitrogen and oxygen atoms in total. The Kier molecular flexibility index (Phi) is 5.43. The van der Waals surface area contributed by atoms with Gasteiger partial charge < -0.3 is 16.3 Å². The highest BCUT2D eigenvalue weighted by Gasteiger charge is 2.11. The van der Waals surface area contributed by atoms with Crippen molar-refractivity contribution in [1.82, 2.24) is 5.32 Å². The topological polar surface area (TPSA) is 87.7 Å². The molecule has 0 saturated heterocycles. The molecule has 0 saturated carbocycles. The van der Waals surface area contributed by atoms with E-state index in [-0.39, 0.29) is 24.2 Å². The molecule has 0 aromatic heterocycles. The number of hydrogen-bond acceptors (Lipinski definition) is 3. The van der Waals surface area contributed by atoms with Crippen LogP contribution >= 0.6 is 27.5 Å². The van der Waals surface area contributed by atoms with Gasteiger partial charge in [0, 0.05) is 27.5 Å². The van der Waals surface area contributed by atoms with Crippen molar-refractivity contribution in [3.63, 3.8) is 0 Å². The summed E-state index contributed by atoms with van der Waals surface area (Å²) in [4.78, 5) is 11.8. The van der Waals surface area contributed by atoms with Crippen LogP contribution in [0.4, 0.5) is 0 Å². The lowest BCUT2D eigenvalue weighted by atomic mass is 10.1. The van der Waals surface area contributed by atoms with Gasteiger partial charge in [0.15, 0.2) is 0 Å². The Hall–Kier alpha value is -1.27. The maximum atomic E-state index is 11.8. The van der Waals surface area contributed by atoms with Gasteiger partial charge in [-0.1, -0.05) is 39.6 Å². The van der Waals surface area contributed by atoms with Gasteiger partial charge in [-0.2, -0.15) is 0 Å². The van der Waals surface area contributed by atoms with Crippen LogP contribution in [-0.2, 0) is 0 Å². The predicted octanol–water partition coefficient (Wildman–Crippen LogP) is 2.21. The smallest absolute Gasteiger partial charge is 0.251 e. The normalized spacial score (nSPS) is 13.2. The lowest BCUT2D eigenvalue weighted by Crippen LogP contribution is -2.34. The van der Waals surface area contributed by atoms with E-state index in [2.05, 4.69) is 26.4 Å². The van der Waals surface area contributed by atoms with Gasteiger partial charge in [-0.15, -0.1) is 0 Å². The van der Waals surface area contributed by atoms with E-state index in [1.54, 1.807) is 25.1 Å². The van der Waals surface area contributed by atoms with E-state index in [9.17, 15) is 4.79 Å². The fraction of sp³-hybridized carbons (Fsp3) is 0.273. The minimum Gasteiger partial charge on any atom is -0.409 e. The minimum absolute atomic E-state index is 0.0718. The summed E-state index contributed by atoms with van der Waals surface area (Å²) in [5.74, 6) is -0.445. The maximum Gasteiger partial charge on any atom is 0.251 e. The molecule has 4 N–H and O–H groups in total. The fourth-order valence-electron chi connectivity index (χ4n) is 1.24. The average molecular weight is 335 g/mol. The zero-order valence-electron chi connectivity index (χ0n) is 9.65. The number of oxime groups is 1. The molecular formula is C11H13BrClN3O2. The molecule has 0 radical (unpaired) electrons. The quantitative estimate of drug-likeness (QED) is 0.341. The molecule has 1 unspecified atom stereocenters. The minimum atomic E-state index is -0.268. The van der Waals surface area contributed by atoms with Gasteiger partial charge in [0.2, 0.25) is 0 Å². The summed E-state index contributed by atoms with van der Waals surface area (Å²) in [6.07, 6.45) is 0. The first-order valence-electron chi connectivity index (χ1n) is 5.15. The molecule has 0 fully saturated rings. The van der Waals surface area contributed by atoms with Gasteiger partial charge in [-0.05, 0) is 18.2 Å². The second-order valence-corrected chi connectivity index (χ2v) is 5.15. The molecule has 1 aromatic rings. The summed E-state index contributed by atoms with van der Waals surface area (Å²) in [7, 11) is 0. The lowest BCUT2D eigenvalue weighted by Gasteiger charge is -2.11. The van der Waals surface area contributed by atoms with Crippen LogP contribution in [0, 0.1) is 5.92 Å². The second-order valence-electron chi connectivity index (χ2n) is 3.79. The highest BCUT2D eigenvalue weighted by Crippen LogP contribution is 2.19. The Bertz CT molecular complexity index is 459. The largest absolute Gasteiger partial charge is 0.409 e. The van der Waals surface area contributed by atoms with Crippen LogP contribution in [0.3, 0.4) is 0 Å². The van der Waals surface area contributed by atoms with Gasteiger partial charge in [0.25, 0.3) is 5.91 Å². The molecule has 0 heterocycles. The highest BCUT2D eigenvalue weighted by atomic mass is 79.9. The molecule has 0 bridgehead atoms. The molecule has 98 valence electrons. The van der Waals surface area contributed by atoms with Crippen molar-refractivity contribution in [2.75, 3.05) is 6.54 Å². The molecule has 7 heteroatoms. The monoisotopic (exact) mass is 333 g/mol. The highest BCUT2D eigenvalue weighted by molar-refractivity contribution is 9.10. The van der Waals surface area contributed by atoms with E-state index in [0.717, 1.165) is 4.47 Å². The number of nitrogens with two attached hydrogens (primary N) is 1. The molecule has 0 aliphatic carbocycles. The summed E-state index contributed by atoms with van der Waals surface area (Å²) in [5, 5.41) is 14.5. The number of carbonyl (C=O) groups is 1. The molecule has 1 atom stereocenters. The van der Waals surface area contributed by atoms with E-state index < -0.39 is 0 Å². The number of nitrogens with zero attached hydrogens (tertiary/aromatic N) is 1. The number of amidine groups is 1. The van der Waals surface area contributed by atoms with Crippen molar-refractivity contribution in [2.24, 2.45) is 16.8 Å².